The number of rotatable bonds is 5. The zero-order chi connectivity index (χ0) is 15.3. The number of hydrogen-bond acceptors (Lipinski definition) is 1. The van der Waals surface area contributed by atoms with Crippen LogP contribution >= 0.6 is 15.9 Å². The van der Waals surface area contributed by atoms with Crippen LogP contribution in [0.5, 0.6) is 0 Å². The highest BCUT2D eigenvalue weighted by Crippen LogP contribution is 2.32. The standard InChI is InChI=1S/C13H14BrF4NO/c1-8(4-3-7-14)19-12(20)9-5-2-6-10(11(9)15)13(16,17)18/h2,5-6,8H,3-4,7H2,1H3,(H,19,20). The van der Waals surface area contributed by atoms with Crippen LogP contribution in [0.2, 0.25) is 0 Å². The van der Waals surface area contributed by atoms with E-state index < -0.39 is 29.0 Å². The van der Waals surface area contributed by atoms with Gasteiger partial charge in [0.15, 0.2) is 0 Å². The molecule has 112 valence electrons. The number of nitrogens with one attached hydrogen (secondary N) is 1. The molecule has 0 aliphatic rings. The van der Waals surface area contributed by atoms with Gasteiger partial charge in [0.05, 0.1) is 11.1 Å². The maximum atomic E-state index is 13.7. The smallest absolute Gasteiger partial charge is 0.349 e. The van der Waals surface area contributed by atoms with E-state index in [1.54, 1.807) is 6.92 Å². The summed E-state index contributed by atoms with van der Waals surface area (Å²) in [6.07, 6.45) is -3.37. The van der Waals surface area contributed by atoms with Gasteiger partial charge in [0.1, 0.15) is 5.82 Å². The van der Waals surface area contributed by atoms with E-state index in [-0.39, 0.29) is 6.04 Å². The summed E-state index contributed by atoms with van der Waals surface area (Å²) in [7, 11) is 0. The third-order valence-electron chi connectivity index (χ3n) is 2.70. The second-order valence-corrected chi connectivity index (χ2v) is 5.16. The summed E-state index contributed by atoms with van der Waals surface area (Å²) in [5.41, 5.74) is -2.02. The summed E-state index contributed by atoms with van der Waals surface area (Å²) in [6.45, 7) is 1.71. The normalized spacial score (nSPS) is 13.1. The molecule has 1 aromatic carbocycles. The summed E-state index contributed by atoms with van der Waals surface area (Å²) in [5.74, 6) is -2.37. The predicted molar refractivity (Wildman–Crippen MR) is 71.4 cm³/mol. The molecule has 1 N–H and O–H groups in total. The number of alkyl halides is 4. The maximum Gasteiger partial charge on any atom is 0.419 e. The zero-order valence-electron chi connectivity index (χ0n) is 10.7. The third kappa shape index (κ3) is 4.47. The zero-order valence-corrected chi connectivity index (χ0v) is 12.3. The number of halogens is 5. The molecule has 0 aliphatic heterocycles. The summed E-state index contributed by atoms with van der Waals surface area (Å²) in [4.78, 5) is 11.8. The fourth-order valence-electron chi connectivity index (χ4n) is 1.68. The Morgan fingerprint density at radius 1 is 1.40 bits per heavy atom. The predicted octanol–water partition coefficient (Wildman–Crippen LogP) is 4.14. The minimum absolute atomic E-state index is 0.242. The highest BCUT2D eigenvalue weighted by Gasteiger charge is 2.35. The van der Waals surface area contributed by atoms with Gasteiger partial charge in [0, 0.05) is 11.4 Å². The third-order valence-corrected chi connectivity index (χ3v) is 3.26. The molecule has 0 bridgehead atoms. The molecular weight excluding hydrogens is 342 g/mol. The van der Waals surface area contributed by atoms with Crippen molar-refractivity contribution in [2.75, 3.05) is 5.33 Å². The first-order valence-corrected chi connectivity index (χ1v) is 7.12. The number of hydrogen-bond donors (Lipinski definition) is 1. The lowest BCUT2D eigenvalue weighted by atomic mass is 10.1. The van der Waals surface area contributed by atoms with Gasteiger partial charge in [-0.3, -0.25) is 4.79 Å². The topological polar surface area (TPSA) is 29.1 Å². The molecule has 0 fully saturated rings. The van der Waals surface area contributed by atoms with Crippen molar-refractivity contribution >= 4 is 21.8 Å². The molecule has 0 saturated carbocycles. The van der Waals surface area contributed by atoms with E-state index in [1.165, 1.54) is 0 Å². The molecule has 7 heteroatoms. The monoisotopic (exact) mass is 355 g/mol. The van der Waals surface area contributed by atoms with Crippen LogP contribution in [-0.4, -0.2) is 17.3 Å². The number of carbonyl (C=O) groups excluding carboxylic acids is 1. The molecule has 2 nitrogen and oxygen atoms in total. The Morgan fingerprint density at radius 3 is 2.60 bits per heavy atom. The molecule has 0 radical (unpaired) electrons. The first-order chi connectivity index (χ1) is 9.27. The van der Waals surface area contributed by atoms with Crippen LogP contribution < -0.4 is 5.32 Å². The van der Waals surface area contributed by atoms with Crippen molar-refractivity contribution < 1.29 is 22.4 Å². The highest BCUT2D eigenvalue weighted by atomic mass is 79.9. The van der Waals surface area contributed by atoms with Gasteiger partial charge in [0.2, 0.25) is 0 Å². The second-order valence-electron chi connectivity index (χ2n) is 4.37. The molecule has 1 atom stereocenters. The SMILES string of the molecule is CC(CCCBr)NC(=O)c1cccc(C(F)(F)F)c1F. The van der Waals surface area contributed by atoms with Gasteiger partial charge in [-0.15, -0.1) is 0 Å². The van der Waals surface area contributed by atoms with Crippen molar-refractivity contribution in [3.05, 3.63) is 35.1 Å². The molecule has 20 heavy (non-hydrogen) atoms. The van der Waals surface area contributed by atoms with E-state index in [0.717, 1.165) is 23.9 Å². The van der Waals surface area contributed by atoms with Crippen LogP contribution in [0.4, 0.5) is 17.6 Å². The Labute approximate surface area is 122 Å². The molecule has 0 aliphatic carbocycles. The average Bonchev–Trinajstić information content (AvgIpc) is 2.35. The molecule has 0 heterocycles. The molecule has 0 spiro atoms. The van der Waals surface area contributed by atoms with Crippen molar-refractivity contribution in [2.24, 2.45) is 0 Å². The van der Waals surface area contributed by atoms with Crippen LogP contribution in [0, 0.1) is 5.82 Å². The summed E-state index contributed by atoms with van der Waals surface area (Å²) in [6, 6.07) is 2.43. The van der Waals surface area contributed by atoms with E-state index in [0.29, 0.717) is 12.5 Å². The molecule has 0 aromatic heterocycles. The first kappa shape index (κ1) is 16.9. The van der Waals surface area contributed by atoms with Crippen molar-refractivity contribution in [1.29, 1.82) is 0 Å². The van der Waals surface area contributed by atoms with E-state index >= 15 is 0 Å². The lowest BCUT2D eigenvalue weighted by Gasteiger charge is -2.15. The van der Waals surface area contributed by atoms with Gasteiger partial charge in [0.25, 0.3) is 5.91 Å². The average molecular weight is 356 g/mol. The van der Waals surface area contributed by atoms with Crippen LogP contribution in [0.1, 0.15) is 35.7 Å². The van der Waals surface area contributed by atoms with Crippen molar-refractivity contribution in [3.8, 4) is 0 Å². The number of benzene rings is 1. The van der Waals surface area contributed by atoms with E-state index in [4.69, 9.17) is 0 Å². The quantitative estimate of drug-likeness (QED) is 0.624. The van der Waals surface area contributed by atoms with Crippen molar-refractivity contribution in [1.82, 2.24) is 5.32 Å². The fourth-order valence-corrected chi connectivity index (χ4v) is 2.01. The van der Waals surface area contributed by atoms with Gasteiger partial charge in [-0.25, -0.2) is 4.39 Å². The van der Waals surface area contributed by atoms with Gasteiger partial charge in [-0.2, -0.15) is 13.2 Å². The number of amides is 1. The fraction of sp³-hybridized carbons (Fsp3) is 0.462. The highest BCUT2D eigenvalue weighted by molar-refractivity contribution is 9.09. The summed E-state index contributed by atoms with van der Waals surface area (Å²) in [5, 5.41) is 3.24. The van der Waals surface area contributed by atoms with Gasteiger partial charge < -0.3 is 5.32 Å². The minimum atomic E-state index is -4.82. The van der Waals surface area contributed by atoms with Crippen LogP contribution in [0.3, 0.4) is 0 Å². The number of carbonyl (C=O) groups is 1. The van der Waals surface area contributed by atoms with Crippen LogP contribution in [-0.2, 0) is 6.18 Å². The Kier molecular flexibility index (Phi) is 5.98. The molecular formula is C13H14BrF4NO. The van der Waals surface area contributed by atoms with Crippen molar-refractivity contribution in [3.63, 3.8) is 0 Å². The molecule has 1 amide bonds. The largest absolute Gasteiger partial charge is 0.419 e. The second kappa shape index (κ2) is 7.06. The molecule has 1 aromatic rings. The van der Waals surface area contributed by atoms with Crippen LogP contribution in [0.25, 0.3) is 0 Å². The van der Waals surface area contributed by atoms with Crippen LogP contribution in [0.15, 0.2) is 18.2 Å². The molecule has 1 rings (SSSR count). The Balaban J connectivity index is 2.89. The summed E-state index contributed by atoms with van der Waals surface area (Å²) >= 11 is 3.23. The first-order valence-electron chi connectivity index (χ1n) is 6.00. The lowest BCUT2D eigenvalue weighted by Crippen LogP contribution is -2.33. The van der Waals surface area contributed by atoms with E-state index in [9.17, 15) is 22.4 Å². The van der Waals surface area contributed by atoms with Gasteiger partial charge in [-0.1, -0.05) is 22.0 Å². The molecule has 0 saturated heterocycles. The van der Waals surface area contributed by atoms with Gasteiger partial charge in [-0.05, 0) is 31.9 Å². The van der Waals surface area contributed by atoms with Crippen molar-refractivity contribution in [2.45, 2.75) is 32.0 Å². The van der Waals surface area contributed by atoms with E-state index in [1.807, 2.05) is 0 Å². The summed E-state index contributed by atoms with van der Waals surface area (Å²) < 4.78 is 51.4. The minimum Gasteiger partial charge on any atom is -0.349 e. The maximum absolute atomic E-state index is 13.7. The van der Waals surface area contributed by atoms with Gasteiger partial charge >= 0.3 is 6.18 Å². The van der Waals surface area contributed by atoms with E-state index in [2.05, 4.69) is 21.2 Å². The Hall–Kier alpha value is -1.11. The Bertz CT molecular complexity index is 476. The molecule has 1 unspecified atom stereocenters. The Morgan fingerprint density at radius 2 is 2.05 bits per heavy atom. The lowest BCUT2D eigenvalue weighted by molar-refractivity contribution is -0.140.